The van der Waals surface area contributed by atoms with E-state index in [9.17, 15) is 9.90 Å². The highest BCUT2D eigenvalue weighted by Crippen LogP contribution is 2.37. The summed E-state index contributed by atoms with van der Waals surface area (Å²) in [6.07, 6.45) is 0. The first-order valence-corrected chi connectivity index (χ1v) is 8.49. The highest BCUT2D eigenvalue weighted by molar-refractivity contribution is 5.72. The van der Waals surface area contributed by atoms with Gasteiger partial charge in [-0.05, 0) is 37.5 Å². The lowest BCUT2D eigenvalue weighted by Crippen LogP contribution is -2.40. The van der Waals surface area contributed by atoms with Crippen molar-refractivity contribution in [3.63, 3.8) is 0 Å². The number of carboxylic acid groups (broad SMARTS) is 1. The quantitative estimate of drug-likeness (QED) is 0.918. The van der Waals surface area contributed by atoms with Crippen molar-refractivity contribution in [2.45, 2.75) is 32.2 Å². The number of nitrogens with zero attached hydrogens (tertiary/aromatic N) is 1. The van der Waals surface area contributed by atoms with E-state index in [-0.39, 0.29) is 17.4 Å². The van der Waals surface area contributed by atoms with Crippen LogP contribution in [0, 0.1) is 5.92 Å². The van der Waals surface area contributed by atoms with E-state index >= 15 is 0 Å². The molecule has 0 unspecified atom stereocenters. The van der Waals surface area contributed by atoms with E-state index < -0.39 is 5.97 Å². The van der Waals surface area contributed by atoms with Crippen molar-refractivity contribution < 1.29 is 9.90 Å². The van der Waals surface area contributed by atoms with Gasteiger partial charge in [-0.2, -0.15) is 0 Å². The summed E-state index contributed by atoms with van der Waals surface area (Å²) in [5.41, 5.74) is 3.46. The number of carbonyl (C=O) groups is 1. The molecule has 0 saturated carbocycles. The van der Waals surface area contributed by atoms with Crippen LogP contribution in [0.4, 0.5) is 0 Å². The van der Waals surface area contributed by atoms with E-state index in [4.69, 9.17) is 0 Å². The highest BCUT2D eigenvalue weighted by atomic mass is 16.4. The van der Waals surface area contributed by atoms with Gasteiger partial charge in [0.15, 0.2) is 0 Å². The molecule has 2 atom stereocenters. The Labute approximate surface area is 143 Å². The van der Waals surface area contributed by atoms with E-state index in [1.54, 1.807) is 0 Å². The number of carboxylic acids is 1. The molecule has 1 aliphatic heterocycles. The summed E-state index contributed by atoms with van der Waals surface area (Å²) in [4.78, 5) is 14.0. The third kappa shape index (κ3) is 3.36. The fourth-order valence-corrected chi connectivity index (χ4v) is 3.49. The van der Waals surface area contributed by atoms with Crippen molar-refractivity contribution in [3.05, 3.63) is 60.2 Å². The van der Waals surface area contributed by atoms with E-state index in [0.29, 0.717) is 6.54 Å². The Morgan fingerprint density at radius 1 is 0.958 bits per heavy atom. The van der Waals surface area contributed by atoms with Gasteiger partial charge in [-0.15, -0.1) is 0 Å². The molecule has 1 fully saturated rings. The molecule has 3 heteroatoms. The molecule has 3 nitrogen and oxygen atoms in total. The highest BCUT2D eigenvalue weighted by Gasteiger charge is 2.41. The van der Waals surface area contributed by atoms with Gasteiger partial charge in [0.25, 0.3) is 0 Å². The maximum atomic E-state index is 11.7. The molecule has 0 amide bonds. The maximum Gasteiger partial charge on any atom is 0.308 e. The minimum Gasteiger partial charge on any atom is -0.481 e. The molecule has 1 N–H and O–H groups in total. The van der Waals surface area contributed by atoms with Gasteiger partial charge < -0.3 is 5.11 Å². The van der Waals surface area contributed by atoms with Gasteiger partial charge in [-0.1, -0.05) is 54.6 Å². The minimum absolute atomic E-state index is 0.00751. The Kier molecular flexibility index (Phi) is 4.46. The van der Waals surface area contributed by atoms with Gasteiger partial charge in [-0.25, -0.2) is 0 Å². The number of benzene rings is 2. The van der Waals surface area contributed by atoms with Crippen LogP contribution in [0.3, 0.4) is 0 Å². The molecule has 126 valence electrons. The van der Waals surface area contributed by atoms with Crippen molar-refractivity contribution in [2.24, 2.45) is 5.92 Å². The van der Waals surface area contributed by atoms with Crippen LogP contribution in [0.25, 0.3) is 11.1 Å². The Balaban J connectivity index is 1.86. The number of aliphatic carboxylic acids is 1. The second-order valence-electron chi connectivity index (χ2n) is 7.62. The summed E-state index contributed by atoms with van der Waals surface area (Å²) in [5.74, 6) is -0.989. The van der Waals surface area contributed by atoms with Gasteiger partial charge in [0.2, 0.25) is 0 Å². The molecule has 3 rings (SSSR count). The third-order valence-electron chi connectivity index (χ3n) is 5.03. The number of likely N-dealkylation sites (tertiary alicyclic amines) is 1. The van der Waals surface area contributed by atoms with Crippen LogP contribution >= 0.6 is 0 Å². The average molecular weight is 323 g/mol. The molecule has 0 radical (unpaired) electrons. The fraction of sp³-hybridized carbons (Fsp3) is 0.381. The van der Waals surface area contributed by atoms with Gasteiger partial charge in [0.05, 0.1) is 5.92 Å². The molecule has 0 aromatic heterocycles. The molecular formula is C21H25NO2. The first-order chi connectivity index (χ1) is 11.4. The van der Waals surface area contributed by atoms with Crippen LogP contribution in [0.15, 0.2) is 54.6 Å². The lowest BCUT2D eigenvalue weighted by atomic mass is 9.88. The van der Waals surface area contributed by atoms with Gasteiger partial charge in [0, 0.05) is 24.5 Å². The maximum absolute atomic E-state index is 11.7. The van der Waals surface area contributed by atoms with Crippen LogP contribution in [-0.2, 0) is 4.79 Å². The standard InChI is InChI=1S/C21H25NO2/c1-21(2,3)22-13-18(19(14-22)20(23)24)17-11-9-16(10-12-17)15-7-5-4-6-8-15/h4-12,18-19H,13-14H2,1-3H3,(H,23,24)/t18-,19+/m0/s1. The number of hydrogen-bond donors (Lipinski definition) is 1. The normalized spacial score (nSPS) is 21.8. The molecule has 0 aliphatic carbocycles. The van der Waals surface area contributed by atoms with Crippen LogP contribution < -0.4 is 0 Å². The van der Waals surface area contributed by atoms with Crippen molar-refractivity contribution in [1.29, 1.82) is 0 Å². The van der Waals surface area contributed by atoms with Crippen LogP contribution in [0.1, 0.15) is 32.3 Å². The zero-order valence-corrected chi connectivity index (χ0v) is 14.6. The molecule has 1 aliphatic rings. The zero-order chi connectivity index (χ0) is 17.3. The summed E-state index contributed by atoms with van der Waals surface area (Å²) in [6, 6.07) is 18.6. The summed E-state index contributed by atoms with van der Waals surface area (Å²) < 4.78 is 0. The van der Waals surface area contributed by atoms with Gasteiger partial charge in [0.1, 0.15) is 0 Å². The SMILES string of the molecule is CC(C)(C)N1C[C@@H](C(=O)O)[C@H](c2ccc(-c3ccccc3)cc2)C1. The second kappa shape index (κ2) is 6.40. The number of hydrogen-bond acceptors (Lipinski definition) is 2. The van der Waals surface area contributed by atoms with Crippen LogP contribution in [-0.4, -0.2) is 34.6 Å². The van der Waals surface area contributed by atoms with Crippen molar-refractivity contribution in [1.82, 2.24) is 4.90 Å². The van der Waals surface area contributed by atoms with Gasteiger partial charge in [-0.3, -0.25) is 9.69 Å². The second-order valence-corrected chi connectivity index (χ2v) is 7.62. The van der Waals surface area contributed by atoms with Crippen molar-refractivity contribution >= 4 is 5.97 Å². The van der Waals surface area contributed by atoms with E-state index in [0.717, 1.165) is 17.7 Å². The molecule has 1 heterocycles. The Morgan fingerprint density at radius 3 is 2.08 bits per heavy atom. The molecule has 24 heavy (non-hydrogen) atoms. The number of rotatable bonds is 3. The largest absolute Gasteiger partial charge is 0.481 e. The first kappa shape index (κ1) is 16.7. The summed E-state index contributed by atoms with van der Waals surface area (Å²) in [5, 5.41) is 9.63. The average Bonchev–Trinajstić information content (AvgIpc) is 3.02. The molecule has 2 aromatic rings. The van der Waals surface area contributed by atoms with Gasteiger partial charge >= 0.3 is 5.97 Å². The molecule has 0 bridgehead atoms. The Hall–Kier alpha value is -2.13. The first-order valence-electron chi connectivity index (χ1n) is 8.49. The Bertz CT molecular complexity index is 701. The van der Waals surface area contributed by atoms with E-state index in [2.05, 4.69) is 62.1 Å². The summed E-state index contributed by atoms with van der Waals surface area (Å²) >= 11 is 0. The fourth-order valence-electron chi connectivity index (χ4n) is 3.49. The lowest BCUT2D eigenvalue weighted by Gasteiger charge is -2.31. The minimum atomic E-state index is -0.695. The topological polar surface area (TPSA) is 40.5 Å². The summed E-state index contributed by atoms with van der Waals surface area (Å²) in [6.45, 7) is 7.85. The van der Waals surface area contributed by atoms with E-state index in [1.165, 1.54) is 5.56 Å². The monoisotopic (exact) mass is 323 g/mol. The molecule has 2 aromatic carbocycles. The predicted octanol–water partition coefficient (Wildman–Crippen LogP) is 4.25. The van der Waals surface area contributed by atoms with E-state index in [1.807, 2.05) is 18.2 Å². The molecule has 1 saturated heterocycles. The van der Waals surface area contributed by atoms with Crippen molar-refractivity contribution in [2.75, 3.05) is 13.1 Å². The molecule has 0 spiro atoms. The van der Waals surface area contributed by atoms with Crippen LogP contribution in [0.5, 0.6) is 0 Å². The lowest BCUT2D eigenvalue weighted by molar-refractivity contribution is -0.141. The van der Waals surface area contributed by atoms with Crippen LogP contribution in [0.2, 0.25) is 0 Å². The Morgan fingerprint density at radius 2 is 1.54 bits per heavy atom. The summed E-state index contributed by atoms with van der Waals surface area (Å²) in [7, 11) is 0. The zero-order valence-electron chi connectivity index (χ0n) is 14.6. The smallest absolute Gasteiger partial charge is 0.308 e. The molecular weight excluding hydrogens is 298 g/mol. The van der Waals surface area contributed by atoms with Crippen molar-refractivity contribution in [3.8, 4) is 11.1 Å². The predicted molar refractivity (Wildman–Crippen MR) is 97.1 cm³/mol. The third-order valence-corrected chi connectivity index (χ3v) is 5.03.